The van der Waals surface area contributed by atoms with Crippen LogP contribution in [0.5, 0.6) is 0 Å². The van der Waals surface area contributed by atoms with Crippen LogP contribution >= 0.6 is 0 Å². The zero-order valence-electron chi connectivity index (χ0n) is 39.7. The topological polar surface area (TPSA) is 274 Å². The molecule has 0 radical (unpaired) electrons. The van der Waals surface area contributed by atoms with Gasteiger partial charge in [0.15, 0.2) is 40.6 Å². The number of nitrogens with two attached hydrogens (primary N) is 4. The molecule has 0 aliphatic carbocycles. The molecule has 20 nitrogen and oxygen atoms in total. The van der Waals surface area contributed by atoms with Gasteiger partial charge in [-0.3, -0.25) is 19.6 Å². The normalized spacial score (nSPS) is 21.4. The third-order valence-electron chi connectivity index (χ3n) is 13.4. The van der Waals surface area contributed by atoms with Crippen LogP contribution in [0.4, 0.5) is 20.4 Å². The van der Waals surface area contributed by atoms with Crippen molar-refractivity contribution in [2.45, 2.75) is 122 Å². The Kier molecular flexibility index (Phi) is 12.6. The van der Waals surface area contributed by atoms with Gasteiger partial charge in [0.1, 0.15) is 16.9 Å². The van der Waals surface area contributed by atoms with Crippen molar-refractivity contribution in [3.8, 4) is 0 Å². The first-order chi connectivity index (χ1) is 32.0. The molecular formula is C46H62F2N16O4. The summed E-state index contributed by atoms with van der Waals surface area (Å²) in [6.45, 7) is 16.2. The Bertz CT molecular complexity index is 2920. The minimum atomic E-state index is -1.39. The molecular weight excluding hydrogens is 879 g/mol. The van der Waals surface area contributed by atoms with E-state index in [2.05, 4.69) is 25.0 Å². The average Bonchev–Trinajstić information content (AvgIpc) is 4.07. The number of aromatic carboxylic acids is 1. The average molecular weight is 941 g/mol. The number of halogens is 2. The molecule has 0 saturated carbocycles. The molecule has 8 heterocycles. The molecule has 4 aromatic heterocycles. The van der Waals surface area contributed by atoms with Gasteiger partial charge in [0.25, 0.3) is 0 Å². The molecule has 364 valence electrons. The number of hydrogen-bond acceptors (Lipinski definition) is 9. The Balaban J connectivity index is 0.780. The first-order valence-corrected chi connectivity index (χ1v) is 23.1. The maximum absolute atomic E-state index is 15.6. The van der Waals surface area contributed by atoms with Gasteiger partial charge in [-0.15, -0.1) is 0 Å². The second-order valence-corrected chi connectivity index (χ2v) is 20.3. The number of anilines is 2. The first-order valence-electron chi connectivity index (χ1n) is 23.1. The predicted octanol–water partition coefficient (Wildman–Crippen LogP) is 2.95. The second kappa shape index (κ2) is 18.0. The van der Waals surface area contributed by atoms with Crippen LogP contribution in [0.15, 0.2) is 54.1 Å². The van der Waals surface area contributed by atoms with Crippen molar-refractivity contribution >= 4 is 63.5 Å². The number of fused-ring (bicyclic) bond motifs is 6. The molecule has 2 unspecified atom stereocenters. The highest BCUT2D eigenvalue weighted by Crippen LogP contribution is 2.38. The lowest BCUT2D eigenvalue weighted by Crippen LogP contribution is -2.52. The Labute approximate surface area is 392 Å². The van der Waals surface area contributed by atoms with Gasteiger partial charge < -0.3 is 56.8 Å². The monoisotopic (exact) mass is 941 g/mol. The van der Waals surface area contributed by atoms with E-state index in [1.54, 1.807) is 17.7 Å². The van der Waals surface area contributed by atoms with E-state index >= 15 is 8.78 Å². The van der Waals surface area contributed by atoms with Gasteiger partial charge in [-0.05, 0) is 86.3 Å². The van der Waals surface area contributed by atoms with Crippen molar-refractivity contribution in [1.82, 2.24) is 28.9 Å². The molecule has 8 rings (SSSR count). The second-order valence-electron chi connectivity index (χ2n) is 20.3. The van der Waals surface area contributed by atoms with E-state index in [-0.39, 0.29) is 87.0 Å². The molecule has 9 N–H and O–H groups in total. The van der Waals surface area contributed by atoms with Gasteiger partial charge in [0.2, 0.25) is 17.3 Å². The summed E-state index contributed by atoms with van der Waals surface area (Å²) in [6.07, 6.45) is 7.81. The summed E-state index contributed by atoms with van der Waals surface area (Å²) in [5.41, 5.74) is 23.8. The van der Waals surface area contributed by atoms with Gasteiger partial charge in [0, 0.05) is 68.3 Å². The van der Waals surface area contributed by atoms with Crippen LogP contribution in [-0.4, -0.2) is 127 Å². The van der Waals surface area contributed by atoms with Gasteiger partial charge in [0.05, 0.1) is 34.9 Å². The number of carboxylic acid groups (broad SMARTS) is 1. The van der Waals surface area contributed by atoms with Crippen molar-refractivity contribution in [1.29, 1.82) is 0 Å². The summed E-state index contributed by atoms with van der Waals surface area (Å²) < 4.78 is 34.8. The van der Waals surface area contributed by atoms with E-state index in [0.29, 0.717) is 56.9 Å². The number of aryl methyl sites for hydroxylation is 1. The van der Waals surface area contributed by atoms with Gasteiger partial charge >= 0.3 is 5.97 Å². The maximum Gasteiger partial charge on any atom is 0.341 e. The standard InChI is InChI=1S/C46H62F2N16O4/c1-24-18-63(45(2,3)4)36-29(34(24)65)16-32(47)38(55-36)59-19-27-14-25(59)21-61(27)43(51)57-41(49)53-12-10-8-9-11-13-54-42(50)58-44(52)62-22-26-15-28(62)20-60(26)39-33(48)17-30-35(66)31(40(67)68)23-64(37(30)56-39)46(5,6)7/h16-18,23,25-28H,8-15,19-22H2,1-7H3,(H,67,68)(H4,49,51,53,57)(H4,50,52,54,58)/t25?,26?,27-,28+/m1/s1. The number of piperazine rings is 2. The molecule has 4 atom stereocenters. The number of likely N-dealkylation sites (tertiary alicyclic amines) is 2. The lowest BCUT2D eigenvalue weighted by atomic mass is 10.1. The SMILES string of the molecule is Cc1cn(C(C)(C)C)c2nc(N3C[C@H]4CC3CN4C(N)=NC(N)=NCCCCCCN=C(N)N=C(N)N3CC4C[C@H]3CN4c3nc4c(cc3F)c(=O)c(C(=O)O)cn4C(C)(C)C)c(F)cc2c1=O. The van der Waals surface area contributed by atoms with Gasteiger partial charge in [-0.1, -0.05) is 12.8 Å². The van der Waals surface area contributed by atoms with Crippen molar-refractivity contribution < 1.29 is 18.7 Å². The molecule has 4 aliphatic rings. The number of carboxylic acids is 1. The minimum Gasteiger partial charge on any atom is -0.477 e. The third-order valence-corrected chi connectivity index (χ3v) is 13.4. The van der Waals surface area contributed by atoms with E-state index < -0.39 is 34.1 Å². The van der Waals surface area contributed by atoms with Gasteiger partial charge in [-0.25, -0.2) is 23.5 Å². The van der Waals surface area contributed by atoms with Crippen LogP contribution in [0.3, 0.4) is 0 Å². The third kappa shape index (κ3) is 9.11. The van der Waals surface area contributed by atoms with E-state index in [0.717, 1.165) is 38.2 Å². The van der Waals surface area contributed by atoms with E-state index in [1.165, 1.54) is 12.3 Å². The van der Waals surface area contributed by atoms with E-state index in [4.69, 9.17) is 27.9 Å². The number of carbonyl (C=O) groups is 1. The quantitative estimate of drug-likeness (QED) is 0.0870. The van der Waals surface area contributed by atoms with E-state index in [9.17, 15) is 19.5 Å². The number of nitrogens with zero attached hydrogens (tertiary/aromatic N) is 12. The van der Waals surface area contributed by atoms with Gasteiger partial charge in [-0.2, -0.15) is 9.98 Å². The number of rotatable bonds is 10. The number of hydrogen-bond donors (Lipinski definition) is 5. The number of pyridine rings is 4. The van der Waals surface area contributed by atoms with Crippen molar-refractivity contribution in [2.75, 3.05) is 49.1 Å². The highest BCUT2D eigenvalue weighted by atomic mass is 19.1. The van der Waals surface area contributed by atoms with Crippen molar-refractivity contribution in [3.63, 3.8) is 0 Å². The molecule has 0 aromatic carbocycles. The molecule has 4 aliphatic heterocycles. The van der Waals surface area contributed by atoms with Crippen LogP contribution in [-0.2, 0) is 11.1 Å². The lowest BCUT2D eigenvalue weighted by Gasteiger charge is -2.35. The molecule has 68 heavy (non-hydrogen) atoms. The molecule has 0 spiro atoms. The van der Waals surface area contributed by atoms with Crippen LogP contribution < -0.4 is 43.6 Å². The maximum atomic E-state index is 15.6. The molecule has 4 saturated heterocycles. The molecule has 22 heteroatoms. The fraction of sp³-hybridized carbons (Fsp3) is 0.543. The Morgan fingerprint density at radius 3 is 1.50 bits per heavy atom. The van der Waals surface area contributed by atoms with Crippen molar-refractivity contribution in [3.05, 3.63) is 67.7 Å². The predicted molar refractivity (Wildman–Crippen MR) is 261 cm³/mol. The van der Waals surface area contributed by atoms with Crippen LogP contribution in [0.25, 0.3) is 22.1 Å². The zero-order valence-corrected chi connectivity index (χ0v) is 39.7. The van der Waals surface area contributed by atoms with Crippen LogP contribution in [0, 0.1) is 18.6 Å². The number of aromatic nitrogens is 4. The van der Waals surface area contributed by atoms with Crippen LogP contribution in [0.1, 0.15) is 96.0 Å². The summed E-state index contributed by atoms with van der Waals surface area (Å²) in [7, 11) is 0. The highest BCUT2D eigenvalue weighted by molar-refractivity contribution is 5.95. The summed E-state index contributed by atoms with van der Waals surface area (Å²) in [5, 5.41) is 9.80. The summed E-state index contributed by atoms with van der Waals surface area (Å²) in [6, 6.07) is 2.13. The smallest absolute Gasteiger partial charge is 0.341 e. The fourth-order valence-electron chi connectivity index (χ4n) is 9.95. The number of aliphatic imine (C=N–C) groups is 4. The molecule has 4 bridgehead atoms. The van der Waals surface area contributed by atoms with Crippen molar-refractivity contribution in [2.24, 2.45) is 42.9 Å². The fourth-order valence-corrected chi connectivity index (χ4v) is 9.95. The number of guanidine groups is 4. The summed E-state index contributed by atoms with van der Waals surface area (Å²) in [4.78, 5) is 72.3. The molecule has 4 aromatic rings. The zero-order chi connectivity index (χ0) is 49.1. The Morgan fingerprint density at radius 2 is 1.10 bits per heavy atom. The summed E-state index contributed by atoms with van der Waals surface area (Å²) >= 11 is 0. The Morgan fingerprint density at radius 1 is 0.676 bits per heavy atom. The minimum absolute atomic E-state index is 0.0119. The Hall–Kier alpha value is -6.87. The van der Waals surface area contributed by atoms with Crippen LogP contribution in [0.2, 0.25) is 0 Å². The molecule has 0 amide bonds. The molecule has 4 fully saturated rings. The number of unbranched alkanes of at least 4 members (excludes halogenated alkanes) is 3. The first kappa shape index (κ1) is 47.6. The lowest BCUT2D eigenvalue weighted by molar-refractivity contribution is 0.0694. The highest BCUT2D eigenvalue weighted by Gasteiger charge is 2.47. The summed E-state index contributed by atoms with van der Waals surface area (Å²) in [5.74, 6) is -1.64. The largest absolute Gasteiger partial charge is 0.477 e. The van der Waals surface area contributed by atoms with E-state index in [1.807, 2.05) is 65.7 Å².